The average Bonchev–Trinajstić information content (AvgIpc) is 2.38. The minimum Gasteiger partial charge on any atom is -0.308 e. The van der Waals surface area contributed by atoms with Crippen molar-refractivity contribution in [3.05, 3.63) is 50.9 Å². The molecule has 0 unspecified atom stereocenters. The van der Waals surface area contributed by atoms with Gasteiger partial charge in [0.1, 0.15) is 0 Å². The van der Waals surface area contributed by atoms with Gasteiger partial charge in [-0.05, 0) is 54.4 Å². The zero-order valence-electron chi connectivity index (χ0n) is 12.2. The lowest BCUT2D eigenvalue weighted by Crippen LogP contribution is -2.35. The van der Waals surface area contributed by atoms with E-state index in [4.69, 9.17) is 0 Å². The number of H-pyrrole nitrogens is 1. The summed E-state index contributed by atoms with van der Waals surface area (Å²) in [4.78, 5) is 19.1. The Morgan fingerprint density at radius 2 is 2.10 bits per heavy atom. The predicted molar refractivity (Wildman–Crippen MR) is 89.7 cm³/mol. The van der Waals surface area contributed by atoms with Crippen LogP contribution in [0.5, 0.6) is 0 Å². The molecular weight excluding hydrogens is 350 g/mol. The summed E-state index contributed by atoms with van der Waals surface area (Å²) in [5.74, 6) is 0. The first-order valence-electron chi connectivity index (χ1n) is 6.60. The van der Waals surface area contributed by atoms with Crippen LogP contribution in [0.1, 0.15) is 26.3 Å². The monoisotopic (exact) mass is 367 g/mol. The van der Waals surface area contributed by atoms with Crippen LogP contribution in [-0.2, 0) is 6.54 Å². The Labute approximate surface area is 136 Å². The number of benzene rings is 1. The van der Waals surface area contributed by atoms with E-state index in [1.807, 2.05) is 6.07 Å². The van der Waals surface area contributed by atoms with E-state index in [1.54, 1.807) is 0 Å². The quantitative estimate of drug-likeness (QED) is 0.810. The van der Waals surface area contributed by atoms with Gasteiger partial charge < -0.3 is 10.3 Å². The van der Waals surface area contributed by atoms with Crippen molar-refractivity contribution in [1.82, 2.24) is 15.3 Å². The summed E-state index contributed by atoms with van der Waals surface area (Å²) in [6, 6.07) is 7.59. The molecule has 0 aliphatic carbocycles. The first-order valence-corrected chi connectivity index (χ1v) is 8.21. The molecule has 0 amide bonds. The summed E-state index contributed by atoms with van der Waals surface area (Å²) in [5, 5.41) is 4.04. The molecule has 1 heterocycles. The highest BCUT2D eigenvalue weighted by Crippen LogP contribution is 2.31. The summed E-state index contributed by atoms with van der Waals surface area (Å²) in [6.45, 7) is 7.24. The number of nitrogens with one attached hydrogen (secondary N) is 2. The zero-order valence-corrected chi connectivity index (χ0v) is 14.6. The lowest BCUT2D eigenvalue weighted by Gasteiger charge is -2.20. The third-order valence-electron chi connectivity index (χ3n) is 2.67. The molecule has 1 aromatic heterocycles. The van der Waals surface area contributed by atoms with Gasteiger partial charge in [0.25, 0.3) is 5.56 Å². The Balaban J connectivity index is 2.10. The van der Waals surface area contributed by atoms with Crippen LogP contribution in [-0.4, -0.2) is 15.5 Å². The van der Waals surface area contributed by atoms with Gasteiger partial charge in [-0.15, -0.1) is 0 Å². The molecule has 0 bridgehead atoms. The van der Waals surface area contributed by atoms with E-state index in [1.165, 1.54) is 29.6 Å². The Morgan fingerprint density at radius 1 is 1.33 bits per heavy atom. The molecule has 2 aromatic rings. The SMILES string of the molecule is CC(C)(C)NCc1ccc(Sc2nccc(=O)[nH]2)c(Br)c1. The minimum absolute atomic E-state index is 0.0906. The number of aromatic amines is 1. The van der Waals surface area contributed by atoms with Crippen molar-refractivity contribution in [2.24, 2.45) is 0 Å². The third kappa shape index (κ3) is 5.30. The van der Waals surface area contributed by atoms with Gasteiger partial charge in [-0.3, -0.25) is 4.79 Å². The third-order valence-corrected chi connectivity index (χ3v) is 4.57. The van der Waals surface area contributed by atoms with E-state index in [9.17, 15) is 4.79 Å². The first kappa shape index (κ1) is 16.3. The molecule has 1 aromatic carbocycles. The topological polar surface area (TPSA) is 57.8 Å². The van der Waals surface area contributed by atoms with E-state index in [-0.39, 0.29) is 11.1 Å². The maximum atomic E-state index is 11.3. The van der Waals surface area contributed by atoms with Gasteiger partial charge in [-0.2, -0.15) is 0 Å². The van der Waals surface area contributed by atoms with Crippen LogP contribution in [0.25, 0.3) is 0 Å². The predicted octanol–water partition coefficient (Wildman–Crippen LogP) is 3.57. The molecule has 4 nitrogen and oxygen atoms in total. The Hall–Kier alpha value is -1.11. The van der Waals surface area contributed by atoms with Gasteiger partial charge >= 0.3 is 0 Å². The fourth-order valence-electron chi connectivity index (χ4n) is 1.61. The standard InChI is InChI=1S/C15H18BrN3OS/c1-15(2,3)18-9-10-4-5-12(11(16)8-10)21-14-17-7-6-13(20)19-14/h4-8,18H,9H2,1-3H3,(H,17,19,20). The second-order valence-electron chi connectivity index (χ2n) is 5.71. The largest absolute Gasteiger partial charge is 0.308 e. The van der Waals surface area contributed by atoms with Crippen molar-refractivity contribution < 1.29 is 0 Å². The fourth-order valence-corrected chi connectivity index (χ4v) is 3.05. The summed E-state index contributed by atoms with van der Waals surface area (Å²) < 4.78 is 0.993. The maximum absolute atomic E-state index is 11.3. The fraction of sp³-hybridized carbons (Fsp3) is 0.333. The molecule has 0 aliphatic rings. The molecule has 2 N–H and O–H groups in total. The van der Waals surface area contributed by atoms with Crippen LogP contribution in [0.4, 0.5) is 0 Å². The van der Waals surface area contributed by atoms with Crippen molar-refractivity contribution in [2.75, 3.05) is 0 Å². The van der Waals surface area contributed by atoms with Crippen molar-refractivity contribution in [2.45, 2.75) is 42.9 Å². The van der Waals surface area contributed by atoms with Gasteiger partial charge in [-0.25, -0.2) is 4.98 Å². The highest BCUT2D eigenvalue weighted by molar-refractivity contribution is 9.10. The van der Waals surface area contributed by atoms with Crippen LogP contribution in [0.15, 0.2) is 49.8 Å². The number of rotatable bonds is 4. The molecule has 0 spiro atoms. The molecule has 0 saturated carbocycles. The van der Waals surface area contributed by atoms with Crippen LogP contribution in [0.3, 0.4) is 0 Å². The van der Waals surface area contributed by atoms with Crippen LogP contribution < -0.4 is 10.9 Å². The molecule has 6 heteroatoms. The van der Waals surface area contributed by atoms with Crippen LogP contribution in [0, 0.1) is 0 Å². The van der Waals surface area contributed by atoms with E-state index in [0.717, 1.165) is 15.9 Å². The number of hydrogen-bond donors (Lipinski definition) is 2. The van der Waals surface area contributed by atoms with E-state index >= 15 is 0 Å². The van der Waals surface area contributed by atoms with E-state index < -0.39 is 0 Å². The molecule has 21 heavy (non-hydrogen) atoms. The second-order valence-corrected chi connectivity index (χ2v) is 7.59. The summed E-state index contributed by atoms with van der Waals surface area (Å²) in [5.41, 5.74) is 1.15. The Bertz CT molecular complexity index is 679. The second kappa shape index (κ2) is 6.77. The Morgan fingerprint density at radius 3 is 2.71 bits per heavy atom. The molecule has 0 saturated heterocycles. The van der Waals surface area contributed by atoms with Gasteiger partial charge in [0.2, 0.25) is 0 Å². The summed E-state index contributed by atoms with van der Waals surface area (Å²) in [6.07, 6.45) is 1.51. The smallest absolute Gasteiger partial charge is 0.251 e. The van der Waals surface area contributed by atoms with Crippen LogP contribution >= 0.6 is 27.7 Å². The van der Waals surface area contributed by atoms with Gasteiger partial charge in [0, 0.05) is 33.7 Å². The number of halogens is 1. The number of nitrogens with zero attached hydrogens (tertiary/aromatic N) is 1. The maximum Gasteiger partial charge on any atom is 0.251 e. The van der Waals surface area contributed by atoms with Gasteiger partial charge in [-0.1, -0.05) is 17.8 Å². The highest BCUT2D eigenvalue weighted by Gasteiger charge is 2.10. The van der Waals surface area contributed by atoms with Crippen molar-refractivity contribution in [1.29, 1.82) is 0 Å². The van der Waals surface area contributed by atoms with Crippen molar-refractivity contribution in [3.63, 3.8) is 0 Å². The molecular formula is C15H18BrN3OS. The molecule has 0 fully saturated rings. The molecule has 2 rings (SSSR count). The molecule has 0 atom stereocenters. The Kier molecular flexibility index (Phi) is 5.24. The van der Waals surface area contributed by atoms with E-state index in [2.05, 4.69) is 64.1 Å². The summed E-state index contributed by atoms with van der Waals surface area (Å²) in [7, 11) is 0. The van der Waals surface area contributed by atoms with Crippen molar-refractivity contribution in [3.8, 4) is 0 Å². The van der Waals surface area contributed by atoms with E-state index in [0.29, 0.717) is 5.16 Å². The van der Waals surface area contributed by atoms with Crippen LogP contribution in [0.2, 0.25) is 0 Å². The normalized spacial score (nSPS) is 11.6. The van der Waals surface area contributed by atoms with Crippen molar-refractivity contribution >= 4 is 27.7 Å². The summed E-state index contributed by atoms with van der Waals surface area (Å²) >= 11 is 5.00. The highest BCUT2D eigenvalue weighted by atomic mass is 79.9. The van der Waals surface area contributed by atoms with Gasteiger partial charge in [0.05, 0.1) is 0 Å². The number of hydrogen-bond acceptors (Lipinski definition) is 4. The van der Waals surface area contributed by atoms with Gasteiger partial charge in [0.15, 0.2) is 5.16 Å². The molecule has 0 radical (unpaired) electrons. The minimum atomic E-state index is -0.144. The average molecular weight is 368 g/mol. The lowest BCUT2D eigenvalue weighted by molar-refractivity contribution is 0.424. The molecule has 112 valence electrons. The number of aromatic nitrogens is 2. The zero-order chi connectivity index (χ0) is 15.5. The molecule has 0 aliphatic heterocycles. The lowest BCUT2D eigenvalue weighted by atomic mass is 10.1. The first-order chi connectivity index (χ1) is 9.83.